The van der Waals surface area contributed by atoms with Crippen LogP contribution in [0.15, 0.2) is 47.5 Å². The molecule has 0 unspecified atom stereocenters. The van der Waals surface area contributed by atoms with E-state index in [0.29, 0.717) is 5.92 Å². The molecule has 2 aromatic rings. The van der Waals surface area contributed by atoms with Gasteiger partial charge in [-0.2, -0.15) is 0 Å². The van der Waals surface area contributed by atoms with Crippen LogP contribution in [0.5, 0.6) is 0 Å². The molecule has 1 amide bonds. The standard InChI is InChI=1S/C21H25N3O2/c1-13-9-20-16(17(13)10-14(2)26-3)5-4-8-24(20)21(25)15-6-7-18-19(11-15)23-12-22-18/h6-7,10-12,16,20H,4-5,8-9H2,1-3H3,(H,22,23)/b14-10+/t16-,20+/m1/s1. The highest BCUT2D eigenvalue weighted by atomic mass is 16.5. The Balaban J connectivity index is 1.61. The topological polar surface area (TPSA) is 58.2 Å². The largest absolute Gasteiger partial charge is 0.501 e. The zero-order valence-corrected chi connectivity index (χ0v) is 15.6. The molecule has 2 aliphatic rings. The third-order valence-corrected chi connectivity index (χ3v) is 5.80. The minimum atomic E-state index is 0.117. The number of imidazole rings is 1. The lowest BCUT2D eigenvalue weighted by Gasteiger charge is -2.38. The number of aromatic amines is 1. The number of rotatable bonds is 3. The molecular weight excluding hydrogens is 326 g/mol. The Kier molecular flexibility index (Phi) is 4.31. The molecule has 1 N–H and O–H groups in total. The number of fused-ring (bicyclic) bond motifs is 2. The van der Waals surface area contributed by atoms with Crippen LogP contribution in [0.2, 0.25) is 0 Å². The molecule has 5 nitrogen and oxygen atoms in total. The zero-order chi connectivity index (χ0) is 18.3. The summed E-state index contributed by atoms with van der Waals surface area (Å²) >= 11 is 0. The number of carbonyl (C=O) groups excluding carboxylic acids is 1. The summed E-state index contributed by atoms with van der Waals surface area (Å²) in [7, 11) is 1.70. The predicted molar refractivity (Wildman–Crippen MR) is 102 cm³/mol. The Morgan fingerprint density at radius 1 is 1.42 bits per heavy atom. The Labute approximate surface area is 153 Å². The van der Waals surface area contributed by atoms with Gasteiger partial charge in [0.15, 0.2) is 0 Å². The maximum Gasteiger partial charge on any atom is 0.254 e. The van der Waals surface area contributed by atoms with Crippen LogP contribution >= 0.6 is 0 Å². The minimum absolute atomic E-state index is 0.117. The summed E-state index contributed by atoms with van der Waals surface area (Å²) in [4.78, 5) is 22.7. The Morgan fingerprint density at radius 3 is 3.08 bits per heavy atom. The summed E-state index contributed by atoms with van der Waals surface area (Å²) in [5.41, 5.74) is 5.25. The molecule has 1 aromatic heterocycles. The van der Waals surface area contributed by atoms with Gasteiger partial charge in [0.2, 0.25) is 0 Å². The van der Waals surface area contributed by atoms with Gasteiger partial charge in [0.05, 0.1) is 30.2 Å². The second-order valence-corrected chi connectivity index (χ2v) is 7.35. The van der Waals surface area contributed by atoms with Crippen molar-refractivity contribution in [1.29, 1.82) is 0 Å². The number of amides is 1. The van der Waals surface area contributed by atoms with Crippen LogP contribution in [0.1, 0.15) is 43.5 Å². The second kappa shape index (κ2) is 6.63. The average Bonchev–Trinajstić information content (AvgIpc) is 3.24. The maximum absolute atomic E-state index is 13.2. The van der Waals surface area contributed by atoms with Gasteiger partial charge in [0, 0.05) is 24.1 Å². The van der Waals surface area contributed by atoms with E-state index in [0.717, 1.165) is 48.2 Å². The SMILES string of the molecule is CO/C(C)=C/C1=C(C)C[C@H]2[C@@H]1CCCN2C(=O)c1ccc2[nH]cnc2c1. The number of carbonyl (C=O) groups is 1. The van der Waals surface area contributed by atoms with Crippen LogP contribution in [-0.2, 0) is 4.74 Å². The van der Waals surface area contributed by atoms with Crippen molar-refractivity contribution in [2.75, 3.05) is 13.7 Å². The molecule has 1 aliphatic heterocycles. The van der Waals surface area contributed by atoms with Crippen molar-refractivity contribution in [2.24, 2.45) is 5.92 Å². The Morgan fingerprint density at radius 2 is 2.27 bits per heavy atom. The van der Waals surface area contributed by atoms with Crippen molar-refractivity contribution >= 4 is 16.9 Å². The molecule has 1 aromatic carbocycles. The Bertz CT molecular complexity index is 909. The van der Waals surface area contributed by atoms with Gasteiger partial charge in [-0.25, -0.2) is 4.98 Å². The molecule has 0 bridgehead atoms. The monoisotopic (exact) mass is 351 g/mol. The molecule has 136 valence electrons. The fraction of sp³-hybridized carbons (Fsp3) is 0.429. The van der Waals surface area contributed by atoms with E-state index in [-0.39, 0.29) is 11.9 Å². The van der Waals surface area contributed by atoms with Crippen molar-refractivity contribution < 1.29 is 9.53 Å². The number of hydrogen-bond donors (Lipinski definition) is 1. The van der Waals surface area contributed by atoms with Crippen LogP contribution in [-0.4, -0.2) is 40.5 Å². The first kappa shape index (κ1) is 16.9. The van der Waals surface area contributed by atoms with Gasteiger partial charge in [-0.15, -0.1) is 0 Å². The first-order valence-corrected chi connectivity index (χ1v) is 9.24. The number of allylic oxidation sites excluding steroid dienone is 2. The lowest BCUT2D eigenvalue weighted by Crippen LogP contribution is -2.47. The van der Waals surface area contributed by atoms with Gasteiger partial charge in [-0.05, 0) is 63.0 Å². The summed E-state index contributed by atoms with van der Waals surface area (Å²) in [5, 5.41) is 0. The van der Waals surface area contributed by atoms with Gasteiger partial charge < -0.3 is 14.6 Å². The van der Waals surface area contributed by atoms with Crippen LogP contribution in [0, 0.1) is 5.92 Å². The fourth-order valence-corrected chi connectivity index (χ4v) is 4.41. The first-order chi connectivity index (χ1) is 12.6. The number of H-pyrrole nitrogens is 1. The van der Waals surface area contributed by atoms with Gasteiger partial charge >= 0.3 is 0 Å². The van der Waals surface area contributed by atoms with Crippen molar-refractivity contribution in [3.63, 3.8) is 0 Å². The van der Waals surface area contributed by atoms with E-state index in [9.17, 15) is 4.79 Å². The third kappa shape index (κ3) is 2.81. The molecule has 0 spiro atoms. The van der Waals surface area contributed by atoms with Crippen molar-refractivity contribution in [3.8, 4) is 0 Å². The molecule has 2 heterocycles. The fourth-order valence-electron chi connectivity index (χ4n) is 4.41. The minimum Gasteiger partial charge on any atom is -0.501 e. The van der Waals surface area contributed by atoms with E-state index in [1.165, 1.54) is 11.1 Å². The molecule has 4 rings (SSSR count). The highest BCUT2D eigenvalue weighted by molar-refractivity contribution is 5.97. The van der Waals surface area contributed by atoms with E-state index >= 15 is 0 Å². The average molecular weight is 351 g/mol. The molecule has 0 saturated carbocycles. The third-order valence-electron chi connectivity index (χ3n) is 5.80. The lowest BCUT2D eigenvalue weighted by molar-refractivity contribution is 0.0564. The number of likely N-dealkylation sites (tertiary alicyclic amines) is 1. The van der Waals surface area contributed by atoms with Crippen LogP contribution in [0.4, 0.5) is 0 Å². The number of aromatic nitrogens is 2. The number of nitrogens with zero attached hydrogens (tertiary/aromatic N) is 2. The van der Waals surface area contributed by atoms with Crippen LogP contribution in [0.3, 0.4) is 0 Å². The summed E-state index contributed by atoms with van der Waals surface area (Å²) in [5.74, 6) is 1.45. The number of piperidine rings is 1. The highest BCUT2D eigenvalue weighted by Crippen LogP contribution is 2.42. The number of benzene rings is 1. The molecule has 0 radical (unpaired) electrons. The van der Waals surface area contributed by atoms with Crippen molar-refractivity contribution in [2.45, 2.75) is 39.2 Å². The molecule has 2 atom stereocenters. The van der Waals surface area contributed by atoms with Crippen molar-refractivity contribution in [1.82, 2.24) is 14.9 Å². The first-order valence-electron chi connectivity index (χ1n) is 9.24. The van der Waals surface area contributed by atoms with Gasteiger partial charge in [-0.3, -0.25) is 4.79 Å². The molecule has 26 heavy (non-hydrogen) atoms. The van der Waals surface area contributed by atoms with Gasteiger partial charge in [-0.1, -0.05) is 5.57 Å². The normalized spacial score (nSPS) is 23.5. The number of methoxy groups -OCH3 is 1. The van der Waals surface area contributed by atoms with E-state index < -0.39 is 0 Å². The highest BCUT2D eigenvalue weighted by Gasteiger charge is 2.40. The smallest absolute Gasteiger partial charge is 0.254 e. The molecule has 1 saturated heterocycles. The summed E-state index contributed by atoms with van der Waals surface area (Å²) in [6.07, 6.45) is 6.94. The molecule has 5 heteroatoms. The van der Waals surface area contributed by atoms with Crippen LogP contribution in [0.25, 0.3) is 11.0 Å². The van der Waals surface area contributed by atoms with E-state index in [2.05, 4.69) is 27.9 Å². The van der Waals surface area contributed by atoms with Gasteiger partial charge in [0.1, 0.15) is 0 Å². The van der Waals surface area contributed by atoms with Crippen molar-refractivity contribution in [3.05, 3.63) is 53.1 Å². The quantitative estimate of drug-likeness (QED) is 0.849. The number of ether oxygens (including phenoxy) is 1. The summed E-state index contributed by atoms with van der Waals surface area (Å²) < 4.78 is 5.35. The maximum atomic E-state index is 13.2. The number of hydrogen-bond acceptors (Lipinski definition) is 3. The van der Waals surface area contributed by atoms with E-state index in [4.69, 9.17) is 4.74 Å². The van der Waals surface area contributed by atoms with E-state index in [1.54, 1.807) is 13.4 Å². The van der Waals surface area contributed by atoms with E-state index in [1.807, 2.05) is 25.1 Å². The zero-order valence-electron chi connectivity index (χ0n) is 15.6. The Hall–Kier alpha value is -2.56. The number of nitrogens with one attached hydrogen (secondary N) is 1. The van der Waals surface area contributed by atoms with Gasteiger partial charge in [0.25, 0.3) is 5.91 Å². The summed E-state index contributed by atoms with van der Waals surface area (Å²) in [6, 6.07) is 5.98. The molecule has 1 aliphatic carbocycles. The second-order valence-electron chi connectivity index (χ2n) is 7.35. The predicted octanol–water partition coefficient (Wildman–Crippen LogP) is 4.05. The van der Waals surface area contributed by atoms with Crippen LogP contribution < -0.4 is 0 Å². The lowest BCUT2D eigenvalue weighted by atomic mass is 9.86. The summed E-state index contributed by atoms with van der Waals surface area (Å²) in [6.45, 7) is 5.00. The molecule has 1 fully saturated rings. The molecular formula is C21H25N3O2.